The van der Waals surface area contributed by atoms with Gasteiger partial charge in [0, 0.05) is 73.5 Å². The fourth-order valence-electron chi connectivity index (χ4n) is 15.7. The molecule has 18 rings (SSSR count). The molecule has 2 N–H and O–H groups in total. The van der Waals surface area contributed by atoms with E-state index in [-0.39, 0.29) is 72.7 Å². The molecule has 0 unspecified atom stereocenters. The molecule has 13 heterocycles. The minimum atomic E-state index is -2.07. The molecule has 6 aromatic heterocycles. The summed E-state index contributed by atoms with van der Waals surface area (Å²) in [5.74, 6) is -3.13. The summed E-state index contributed by atoms with van der Waals surface area (Å²) in [6, 6.07) is 36.0. The number of ether oxygens (including phenoxy) is 10. The van der Waals surface area contributed by atoms with Gasteiger partial charge in [-0.05, 0) is 210 Å². The molecule has 27 nitrogen and oxygen atoms in total. The first-order chi connectivity index (χ1) is 65.9. The van der Waals surface area contributed by atoms with Gasteiger partial charge in [0.15, 0.2) is 70.7 Å². The van der Waals surface area contributed by atoms with Crippen molar-refractivity contribution >= 4 is 186 Å². The smallest absolute Gasteiger partial charge is 0.413 e. The van der Waals surface area contributed by atoms with Crippen LogP contribution in [0.5, 0.6) is 0 Å². The molecule has 7 saturated heterocycles. The summed E-state index contributed by atoms with van der Waals surface area (Å²) in [6.45, 7) is 45.4. The Bertz CT molecular complexity index is 5980. The maximum Gasteiger partial charge on any atom is 1.00 e. The number of aromatic nitrogens is 9. The van der Waals surface area contributed by atoms with Crippen molar-refractivity contribution in [1.82, 2.24) is 48.7 Å². The van der Waals surface area contributed by atoms with E-state index < -0.39 is 114 Å². The number of carbonyl (C=O) groups excluding carboxylic acids is 2. The topological polar surface area (TPSA) is 290 Å². The van der Waals surface area contributed by atoms with Crippen molar-refractivity contribution in [2.45, 2.75) is 296 Å². The summed E-state index contributed by atoms with van der Waals surface area (Å²) < 4.78 is 81.3. The number of unbranched alkanes of at least 4 members (excludes halogenated alkanes) is 1. The third kappa shape index (κ3) is 30.2. The number of likely N-dealkylation sites (N-methyl/N-ethyl adjacent to an activating group) is 1. The zero-order chi connectivity index (χ0) is 103. The van der Waals surface area contributed by atoms with Crippen LogP contribution in [0, 0.1) is 13.0 Å². The van der Waals surface area contributed by atoms with Crippen LogP contribution in [0.25, 0.3) is 33.1 Å². The van der Waals surface area contributed by atoms with Gasteiger partial charge in [-0.15, -0.1) is 17.7 Å². The molecule has 0 spiro atoms. The van der Waals surface area contributed by atoms with Gasteiger partial charge in [-0.25, -0.2) is 35.0 Å². The molecule has 7 aliphatic heterocycles. The van der Waals surface area contributed by atoms with Gasteiger partial charge in [-0.2, -0.15) is 30.2 Å². The van der Waals surface area contributed by atoms with Crippen LogP contribution in [0.1, 0.15) is 198 Å². The van der Waals surface area contributed by atoms with Crippen LogP contribution in [0.15, 0.2) is 156 Å². The van der Waals surface area contributed by atoms with E-state index in [1.54, 1.807) is 67.1 Å². The number of halogens is 10. The minimum Gasteiger partial charge on any atom is -0.413 e. The molecule has 11 aromatic rings. The quantitative estimate of drug-likeness (QED) is 0.0250. The molecular formula is C101H126Br2Cl8Li2N10O17Si2. The molecule has 0 radical (unpaired) electrons. The molecule has 41 heteroatoms. The van der Waals surface area contributed by atoms with Gasteiger partial charge in [-0.3, -0.25) is 14.4 Å². The van der Waals surface area contributed by atoms with Crippen LogP contribution in [-0.4, -0.2) is 187 Å². The Kier molecular flexibility index (Phi) is 44.7. The van der Waals surface area contributed by atoms with E-state index in [1.807, 2.05) is 116 Å². The van der Waals surface area contributed by atoms with Gasteiger partial charge in [-0.1, -0.05) is 199 Å². The first-order valence-electron chi connectivity index (χ1n) is 46.3. The van der Waals surface area contributed by atoms with Crippen LogP contribution in [0.3, 0.4) is 0 Å². The van der Waals surface area contributed by atoms with Gasteiger partial charge < -0.3 is 87.1 Å². The molecule has 0 saturated carbocycles. The predicted molar refractivity (Wildman–Crippen MR) is 560 cm³/mol. The van der Waals surface area contributed by atoms with E-state index in [4.69, 9.17) is 159 Å². The van der Waals surface area contributed by atoms with Crippen molar-refractivity contribution in [3.8, 4) is 0 Å². The van der Waals surface area contributed by atoms with Crippen molar-refractivity contribution < 1.29 is 119 Å². The average molecular weight is 2270 g/mol. The van der Waals surface area contributed by atoms with Crippen LogP contribution in [0.2, 0.25) is 76.8 Å². The molecule has 7 aliphatic rings. The largest absolute Gasteiger partial charge is 1.00 e. The zero-order valence-electron chi connectivity index (χ0n) is 84.6. The van der Waals surface area contributed by atoms with Gasteiger partial charge in [0.25, 0.3) is 5.91 Å². The molecule has 1 amide bonds. The molecule has 142 heavy (non-hydrogen) atoms. The second kappa shape index (κ2) is 52.4. The van der Waals surface area contributed by atoms with Gasteiger partial charge in [0.1, 0.15) is 100 Å². The third-order valence-electron chi connectivity index (χ3n) is 25.2. The second-order valence-electron chi connectivity index (χ2n) is 38.6. The Morgan fingerprint density at radius 1 is 0.528 bits per heavy atom. The standard InChI is InChI=1S/C27H35Cl2N3O5Si.C27H33Cl2N3O5Si.C16H19ClN4O5.C8H8BrCl.C8H8Cl.C7H6BrClO.C4H8O.C4H9.2Li/c2*1-26(2,3)38(6,7)34-13-15-12-16(28)8-9-17(15)19(33)20-21-22(37-27(4,5)36-21)25(35-20)32-11-10-18-23(29)30-14-31-24(18)32;1-16(2)25-9-10(14(22)20(3)23-4)24-15(11(9)26-16)21-6-5-8-12(17)18-7-19-13(8)21;1-2-6-5-7(10)3-4-8(6)9;1-2-7-4-3-5-8(9)6-7;8-7-2-1-6(9)3-5(7)4-10;1-2-4-5-3-1;1-3-4-2;;/h8-12,14,19-22,25,33H,13H2,1-7H3;8-12,14,20-22,25H,13H2,1-7H3;5-7,9-11,15H,1-4H3;3-5H,2H2,1H3;3,5-6H,2H2,1H3;1-3,10H,4H2;1-4H2;1,3-4H2,2H3;;/q;;;;-1;;;-1;2*+1/t19-,20-,21-,22-,25-;20-,21-,22-,25-;9-,10+,11-,15-;;;;;;;/m111......./s1. The summed E-state index contributed by atoms with van der Waals surface area (Å²) in [5.41, 5.74) is 7.76. The summed E-state index contributed by atoms with van der Waals surface area (Å²) in [4.78, 5) is 56.9. The van der Waals surface area contributed by atoms with Crippen LogP contribution in [0.4, 0.5) is 0 Å². The molecule has 5 aromatic carbocycles. The van der Waals surface area contributed by atoms with Crippen molar-refractivity contribution in [2.24, 2.45) is 0 Å². The average Bonchev–Trinajstić information content (AvgIpc) is 1.52. The number of Topliss-reactive ketones (excluding diaryl/α,β-unsaturated/α-hetero) is 1. The summed E-state index contributed by atoms with van der Waals surface area (Å²) in [7, 11) is -1.18. The predicted octanol–water partition coefficient (Wildman–Crippen LogP) is 19.9. The Labute approximate surface area is 916 Å². The Morgan fingerprint density at radius 2 is 0.908 bits per heavy atom. The Morgan fingerprint density at radius 3 is 1.30 bits per heavy atom. The van der Waals surface area contributed by atoms with Crippen LogP contribution < -0.4 is 37.7 Å². The zero-order valence-corrected chi connectivity index (χ0v) is 95.8. The second-order valence-corrected chi connectivity index (χ2v) is 53.1. The normalized spacial score (nSPS) is 22.3. The number of nitrogens with zero attached hydrogens (tertiary/aromatic N) is 10. The molecular weight excluding hydrogens is 2140 g/mol. The number of hydroxylamine groups is 2. The SMILES string of the molecule is C1CCOC1.CC1(C)O[C@@H]2[C@H](O1)[C@@H](C(=O)c1ccc(Cl)cc1CO[Si](C)(C)C(C)(C)C)O[C@H]2n1ccc2c(Cl)ncnc21.CC1(C)O[C@H]2[C@@H](O1)[C@H](n1ccc3c(Cl)ncnc31)O[C@@H]2[C@H](O)c1ccc(Cl)cc1CO[Si](C)(C)C(C)(C)C.CCc1[c-]ccc(Cl)c1.CCc1cc(Cl)ccc1Br.CON(C)C(=O)[C@H]1O[C@@H](n2ccc3c(Cl)ncnc32)[C@@H]2OC(C)(C)O[C@@H]21.OCc1cc(Cl)ccc1Br.[CH2-]CCC.[Li+].[Li+]. The minimum absolute atomic E-state index is 0. The van der Waals surface area contributed by atoms with Gasteiger partial charge in [0.05, 0.1) is 43.1 Å². The monoisotopic (exact) mass is 2260 g/mol. The first kappa shape index (κ1) is 121. The van der Waals surface area contributed by atoms with E-state index in [0.29, 0.717) is 81.4 Å². The summed E-state index contributed by atoms with van der Waals surface area (Å²) in [6.07, 6.45) is 7.90. The molecule has 7 fully saturated rings. The number of ketones is 1. The number of hydrogen-bond donors (Lipinski definition) is 2. The molecule has 0 bridgehead atoms. The van der Waals surface area contributed by atoms with Crippen LogP contribution >= 0.6 is 125 Å². The third-order valence-corrected chi connectivity index (χ3v) is 37.8. The maximum atomic E-state index is 14.1. The van der Waals surface area contributed by atoms with E-state index in [1.165, 1.54) is 63.5 Å². The number of aryl methyl sites for hydroxylation is 2. The van der Waals surface area contributed by atoms with E-state index >= 15 is 0 Å². The van der Waals surface area contributed by atoms with Crippen molar-refractivity contribution in [1.29, 1.82) is 0 Å². The number of aliphatic hydroxyl groups is 2. The van der Waals surface area contributed by atoms with Crippen molar-refractivity contribution in [2.75, 3.05) is 27.4 Å². The number of rotatable bonds is 19. The van der Waals surface area contributed by atoms with Gasteiger partial charge >= 0.3 is 37.7 Å². The molecule has 0 aliphatic carbocycles. The Balaban J connectivity index is 0.000000200. The number of aliphatic hydroxyl groups excluding tert-OH is 2. The fourth-order valence-corrected chi connectivity index (χ4v) is 20.0. The molecule has 762 valence electrons. The van der Waals surface area contributed by atoms with E-state index in [9.17, 15) is 14.7 Å². The maximum absolute atomic E-state index is 14.1. The van der Waals surface area contributed by atoms with Crippen molar-refractivity contribution in [3.05, 3.63) is 248 Å². The summed E-state index contributed by atoms with van der Waals surface area (Å²) in [5, 5.41) is 28.2. The number of fused-ring (bicyclic) bond motifs is 6. The van der Waals surface area contributed by atoms with E-state index in [2.05, 4.69) is 163 Å². The number of benzene rings is 5. The fraction of sp³-hybridized carbons (Fsp3) is 0.495. The first-order valence-corrected chi connectivity index (χ1v) is 56.7. The number of carbonyl (C=O) groups is 2. The molecule has 13 atom stereocenters. The van der Waals surface area contributed by atoms with Gasteiger partial charge in [0.2, 0.25) is 0 Å². The number of hydrogen-bond acceptors (Lipinski definition) is 23. The van der Waals surface area contributed by atoms with E-state index in [0.717, 1.165) is 73.2 Å². The van der Waals surface area contributed by atoms with Crippen LogP contribution in [-0.2, 0) is 98.5 Å². The van der Waals surface area contributed by atoms with Crippen molar-refractivity contribution in [3.63, 3.8) is 0 Å². The Hall–Kier alpha value is -4.59. The number of amides is 1. The summed E-state index contributed by atoms with van der Waals surface area (Å²) >= 11 is 55.3.